The number of aromatic nitrogens is 1. The molecule has 4 unspecified atom stereocenters. The molecule has 1 aromatic rings. The monoisotopic (exact) mass is 360 g/mol. The van der Waals surface area contributed by atoms with E-state index in [0.29, 0.717) is 17.3 Å². The van der Waals surface area contributed by atoms with Gasteiger partial charge in [-0.25, -0.2) is 9.78 Å². The average molecular weight is 360 g/mol. The van der Waals surface area contributed by atoms with Crippen LogP contribution in [0.15, 0.2) is 29.4 Å². The molecule has 1 aromatic heterocycles. The summed E-state index contributed by atoms with van der Waals surface area (Å²) in [4.78, 5) is 28.6. The molecule has 3 aliphatic carbocycles. The number of nitrogens with one attached hydrogen (secondary N) is 1. The fourth-order valence-electron chi connectivity index (χ4n) is 4.93. The van der Waals surface area contributed by atoms with Crippen molar-refractivity contribution in [1.29, 1.82) is 0 Å². The minimum atomic E-state index is -0.467. The summed E-state index contributed by atoms with van der Waals surface area (Å²) in [5, 5.41) is 4.03. The Balaban J connectivity index is 1.27. The van der Waals surface area contributed by atoms with Crippen molar-refractivity contribution in [3.05, 3.63) is 24.4 Å². The Kier molecular flexibility index (Phi) is 3.87. The molecule has 3 aliphatic rings. The molecule has 5 nitrogen and oxygen atoms in total. The number of fused-ring (bicyclic) bond motifs is 1. The van der Waals surface area contributed by atoms with Crippen molar-refractivity contribution in [2.24, 2.45) is 23.2 Å². The second kappa shape index (κ2) is 5.73. The Morgan fingerprint density at radius 3 is 2.76 bits per heavy atom. The van der Waals surface area contributed by atoms with Crippen LogP contribution in [0.5, 0.6) is 0 Å². The van der Waals surface area contributed by atoms with Gasteiger partial charge in [0, 0.05) is 18.2 Å². The zero-order valence-corrected chi connectivity index (χ0v) is 15.6. The fourth-order valence-corrected chi connectivity index (χ4v) is 5.74. The first-order valence-electron chi connectivity index (χ1n) is 8.91. The van der Waals surface area contributed by atoms with E-state index in [0.717, 1.165) is 24.3 Å². The quantitative estimate of drug-likeness (QED) is 0.834. The van der Waals surface area contributed by atoms with Crippen molar-refractivity contribution in [3.63, 3.8) is 0 Å². The first-order valence-corrected chi connectivity index (χ1v) is 9.72. The van der Waals surface area contributed by atoms with Gasteiger partial charge in [-0.3, -0.25) is 4.79 Å². The summed E-state index contributed by atoms with van der Waals surface area (Å²) in [5.41, 5.74) is -0.157. The number of carbonyl (C=O) groups is 2. The molecular formula is C19H24N2O3S. The van der Waals surface area contributed by atoms with E-state index < -0.39 is 5.60 Å². The summed E-state index contributed by atoms with van der Waals surface area (Å²) < 4.78 is 5.34. The highest BCUT2D eigenvalue weighted by atomic mass is 32.2. The molecule has 0 radical (unpaired) electrons. The molecule has 5 atom stereocenters. The van der Waals surface area contributed by atoms with Crippen molar-refractivity contribution in [2.75, 3.05) is 0 Å². The van der Waals surface area contributed by atoms with Crippen LogP contribution < -0.4 is 5.32 Å². The minimum Gasteiger partial charge on any atom is -0.444 e. The molecule has 0 aliphatic heterocycles. The summed E-state index contributed by atoms with van der Waals surface area (Å²) in [5.74, 6) is 1.27. The van der Waals surface area contributed by atoms with Gasteiger partial charge in [0.2, 0.25) is 0 Å². The lowest BCUT2D eigenvalue weighted by Gasteiger charge is -2.36. The molecule has 3 saturated carbocycles. The Labute approximate surface area is 152 Å². The Morgan fingerprint density at radius 1 is 1.32 bits per heavy atom. The zero-order valence-electron chi connectivity index (χ0n) is 14.8. The number of rotatable bonds is 3. The average Bonchev–Trinajstić information content (AvgIpc) is 2.80. The van der Waals surface area contributed by atoms with Gasteiger partial charge >= 0.3 is 6.09 Å². The van der Waals surface area contributed by atoms with Gasteiger partial charge in [-0.15, -0.1) is 0 Å². The van der Waals surface area contributed by atoms with Crippen molar-refractivity contribution >= 4 is 23.0 Å². The van der Waals surface area contributed by atoms with E-state index >= 15 is 0 Å². The molecule has 0 bridgehead atoms. The smallest absolute Gasteiger partial charge is 0.407 e. The van der Waals surface area contributed by atoms with Crippen LogP contribution in [0.2, 0.25) is 0 Å². The van der Waals surface area contributed by atoms with Crippen LogP contribution in [0.3, 0.4) is 0 Å². The van der Waals surface area contributed by atoms with Gasteiger partial charge in [0.15, 0.2) is 5.12 Å². The fraction of sp³-hybridized carbons (Fsp3) is 0.632. The van der Waals surface area contributed by atoms with E-state index in [9.17, 15) is 9.59 Å². The maximum Gasteiger partial charge on any atom is 0.407 e. The lowest BCUT2D eigenvalue weighted by atomic mass is 9.75. The molecule has 25 heavy (non-hydrogen) atoms. The molecular weight excluding hydrogens is 336 g/mol. The molecule has 1 amide bonds. The third-order valence-corrected chi connectivity index (χ3v) is 6.79. The van der Waals surface area contributed by atoms with Crippen LogP contribution >= 0.6 is 11.8 Å². The highest BCUT2D eigenvalue weighted by Gasteiger charge is 2.78. The molecule has 3 fully saturated rings. The predicted molar refractivity (Wildman–Crippen MR) is 95.0 cm³/mol. The van der Waals surface area contributed by atoms with Crippen molar-refractivity contribution < 1.29 is 14.3 Å². The first kappa shape index (κ1) is 16.9. The summed E-state index contributed by atoms with van der Waals surface area (Å²) in [6.07, 6.45) is 4.30. The van der Waals surface area contributed by atoms with Gasteiger partial charge in [0.1, 0.15) is 10.6 Å². The number of alkyl carbamates (subject to hydrolysis) is 1. The van der Waals surface area contributed by atoms with E-state index in [4.69, 9.17) is 4.74 Å². The van der Waals surface area contributed by atoms with E-state index in [1.54, 1.807) is 6.20 Å². The largest absolute Gasteiger partial charge is 0.444 e. The second-order valence-electron chi connectivity index (χ2n) is 8.55. The number of hydrogen-bond acceptors (Lipinski definition) is 5. The SMILES string of the molecule is CC(C)(C)OC(=O)NC1CC23CC(C(=O)Sc4ccccn4)C[C@@H]2C13. The normalized spacial score (nSPS) is 35.2. The highest BCUT2D eigenvalue weighted by molar-refractivity contribution is 8.13. The molecule has 1 heterocycles. The third-order valence-electron chi connectivity index (χ3n) is 5.80. The number of amides is 1. The number of carbonyl (C=O) groups excluding carboxylic acids is 2. The molecule has 0 saturated heterocycles. The van der Waals surface area contributed by atoms with Gasteiger partial charge < -0.3 is 10.1 Å². The summed E-state index contributed by atoms with van der Waals surface area (Å²) >= 11 is 1.27. The molecule has 1 N–H and O–H groups in total. The third kappa shape index (κ3) is 3.05. The van der Waals surface area contributed by atoms with Gasteiger partial charge in [0.05, 0.1) is 0 Å². The number of hydrogen-bond donors (Lipinski definition) is 1. The maximum atomic E-state index is 12.5. The molecule has 134 valence electrons. The number of thioether (sulfide) groups is 1. The number of nitrogens with zero attached hydrogens (tertiary/aromatic N) is 1. The van der Waals surface area contributed by atoms with E-state index in [-0.39, 0.29) is 23.2 Å². The van der Waals surface area contributed by atoms with Crippen LogP contribution in [0.25, 0.3) is 0 Å². The van der Waals surface area contributed by atoms with Crippen molar-refractivity contribution in [3.8, 4) is 0 Å². The van der Waals surface area contributed by atoms with E-state index in [1.165, 1.54) is 11.8 Å². The van der Waals surface area contributed by atoms with Gasteiger partial charge in [0.25, 0.3) is 0 Å². The van der Waals surface area contributed by atoms with Crippen LogP contribution in [0.1, 0.15) is 40.0 Å². The van der Waals surface area contributed by atoms with Crippen LogP contribution in [-0.2, 0) is 9.53 Å². The van der Waals surface area contributed by atoms with Crippen LogP contribution in [0.4, 0.5) is 4.79 Å². The lowest BCUT2D eigenvalue weighted by molar-refractivity contribution is -0.115. The number of ether oxygens (including phenoxy) is 1. The summed E-state index contributed by atoms with van der Waals surface area (Å²) in [6, 6.07) is 5.86. The van der Waals surface area contributed by atoms with Gasteiger partial charge in [-0.2, -0.15) is 0 Å². The lowest BCUT2D eigenvalue weighted by Crippen LogP contribution is -2.48. The first-order chi connectivity index (χ1) is 11.8. The predicted octanol–water partition coefficient (Wildman–Crippen LogP) is 3.64. The van der Waals surface area contributed by atoms with Crippen LogP contribution in [0, 0.1) is 23.2 Å². The summed E-state index contributed by atoms with van der Waals surface area (Å²) in [6.45, 7) is 5.61. The van der Waals surface area contributed by atoms with Crippen LogP contribution in [-0.4, -0.2) is 27.8 Å². The van der Waals surface area contributed by atoms with E-state index in [2.05, 4.69) is 10.3 Å². The highest BCUT2D eigenvalue weighted by Crippen LogP contribution is 2.80. The minimum absolute atomic E-state index is 0.135. The topological polar surface area (TPSA) is 68.3 Å². The molecule has 4 rings (SSSR count). The molecule has 6 heteroatoms. The summed E-state index contributed by atoms with van der Waals surface area (Å²) in [7, 11) is 0. The Hall–Kier alpha value is -1.56. The second-order valence-corrected chi connectivity index (χ2v) is 9.57. The Morgan fingerprint density at radius 2 is 2.12 bits per heavy atom. The standard InChI is InChI=1S/C19H24N2O3S/c1-18(2,3)24-17(23)21-13-10-19-9-11(8-12(19)15(13)19)16(22)25-14-6-4-5-7-20-14/h4-7,11-13,15H,8-10H2,1-3H3,(H,21,23)/t11?,12-,13?,15?,19?/m1/s1. The van der Waals surface area contributed by atoms with E-state index in [1.807, 2.05) is 39.0 Å². The molecule has 0 aromatic carbocycles. The van der Waals surface area contributed by atoms with Crippen molar-refractivity contribution in [1.82, 2.24) is 10.3 Å². The molecule has 1 spiro atoms. The van der Waals surface area contributed by atoms with Gasteiger partial charge in [-0.1, -0.05) is 6.07 Å². The Bertz CT molecular complexity index is 702. The number of pyridine rings is 1. The maximum absolute atomic E-state index is 12.5. The zero-order chi connectivity index (χ0) is 17.8. The van der Waals surface area contributed by atoms with Gasteiger partial charge in [-0.05, 0) is 81.2 Å². The van der Waals surface area contributed by atoms with Crippen molar-refractivity contribution in [2.45, 2.75) is 56.7 Å².